The Balaban J connectivity index is 2.29. The molecule has 0 aromatic rings. The zero-order valence-electron chi connectivity index (χ0n) is 9.52. The lowest BCUT2D eigenvalue weighted by atomic mass is 9.82. The van der Waals surface area contributed by atoms with E-state index in [1.165, 1.54) is 0 Å². The molecule has 0 aromatic carbocycles. The average molecular weight is 195 g/mol. The molecule has 0 saturated carbocycles. The van der Waals surface area contributed by atoms with Crippen molar-refractivity contribution in [2.75, 3.05) is 19.7 Å². The van der Waals surface area contributed by atoms with Crippen LogP contribution in [0.15, 0.2) is 0 Å². The lowest BCUT2D eigenvalue weighted by Gasteiger charge is -2.38. The molecule has 1 unspecified atom stereocenters. The van der Waals surface area contributed by atoms with Crippen LogP contribution in [0.2, 0.25) is 0 Å². The molecule has 2 nitrogen and oxygen atoms in total. The van der Waals surface area contributed by atoms with E-state index < -0.39 is 0 Å². The Morgan fingerprint density at radius 1 is 1.50 bits per heavy atom. The quantitative estimate of drug-likeness (QED) is 0.548. The second-order valence-corrected chi connectivity index (χ2v) is 4.49. The zero-order chi connectivity index (χ0) is 10.4. The number of rotatable bonds is 3. The Morgan fingerprint density at radius 2 is 2.29 bits per heavy atom. The minimum Gasteiger partial charge on any atom is -0.377 e. The highest BCUT2D eigenvalue weighted by atomic mass is 16.5. The van der Waals surface area contributed by atoms with Crippen LogP contribution in [-0.4, -0.2) is 25.8 Å². The summed E-state index contributed by atoms with van der Waals surface area (Å²) < 4.78 is 5.86. The van der Waals surface area contributed by atoms with Gasteiger partial charge < -0.3 is 10.1 Å². The van der Waals surface area contributed by atoms with Gasteiger partial charge in [0.25, 0.3) is 0 Å². The molecule has 1 aliphatic rings. The number of hydrogen-bond acceptors (Lipinski definition) is 2. The summed E-state index contributed by atoms with van der Waals surface area (Å²) in [5, 5.41) is 3.40. The van der Waals surface area contributed by atoms with Crippen molar-refractivity contribution in [3.8, 4) is 11.8 Å². The number of nitrogens with one attached hydrogen (secondary N) is 1. The summed E-state index contributed by atoms with van der Waals surface area (Å²) >= 11 is 0. The Kier molecular flexibility index (Phi) is 4.44. The van der Waals surface area contributed by atoms with Crippen molar-refractivity contribution in [3.05, 3.63) is 0 Å². The van der Waals surface area contributed by atoms with Crippen LogP contribution in [-0.2, 0) is 4.74 Å². The van der Waals surface area contributed by atoms with E-state index in [-0.39, 0.29) is 5.41 Å². The average Bonchev–Trinajstić information content (AvgIpc) is 2.14. The zero-order valence-corrected chi connectivity index (χ0v) is 9.52. The van der Waals surface area contributed by atoms with Crippen LogP contribution in [0.4, 0.5) is 0 Å². The molecule has 1 saturated heterocycles. The predicted octanol–water partition coefficient (Wildman–Crippen LogP) is 1.80. The topological polar surface area (TPSA) is 21.3 Å². The van der Waals surface area contributed by atoms with E-state index in [4.69, 9.17) is 4.74 Å². The number of ether oxygens (including phenoxy) is 1. The molecule has 0 radical (unpaired) electrons. The van der Waals surface area contributed by atoms with Crippen molar-refractivity contribution >= 4 is 0 Å². The Bertz CT molecular complexity index is 224. The molecule has 0 bridgehead atoms. The van der Waals surface area contributed by atoms with Gasteiger partial charge in [-0.2, -0.15) is 0 Å². The van der Waals surface area contributed by atoms with E-state index in [2.05, 4.69) is 31.0 Å². The third-order valence-corrected chi connectivity index (χ3v) is 2.76. The van der Waals surface area contributed by atoms with Crippen molar-refractivity contribution in [1.82, 2.24) is 5.32 Å². The van der Waals surface area contributed by atoms with Gasteiger partial charge in [0, 0.05) is 18.4 Å². The highest BCUT2D eigenvalue weighted by Gasteiger charge is 2.32. The van der Waals surface area contributed by atoms with Crippen LogP contribution >= 0.6 is 0 Å². The van der Waals surface area contributed by atoms with Crippen molar-refractivity contribution < 1.29 is 4.74 Å². The first-order valence-electron chi connectivity index (χ1n) is 5.39. The molecule has 1 N–H and O–H groups in total. The number of piperidine rings is 1. The summed E-state index contributed by atoms with van der Waals surface area (Å²) in [5.41, 5.74) is 0.262. The normalized spacial score (nSPS) is 25.2. The lowest BCUT2D eigenvalue weighted by Crippen LogP contribution is -2.47. The van der Waals surface area contributed by atoms with E-state index in [1.54, 1.807) is 0 Å². The van der Waals surface area contributed by atoms with Gasteiger partial charge in [-0.15, -0.1) is 11.8 Å². The summed E-state index contributed by atoms with van der Waals surface area (Å²) in [6, 6.07) is 0. The summed E-state index contributed by atoms with van der Waals surface area (Å²) in [6.07, 6.45) is 2.37. The van der Waals surface area contributed by atoms with Crippen LogP contribution in [0.25, 0.3) is 0 Å². The number of hydrogen-bond donors (Lipinski definition) is 1. The third kappa shape index (κ3) is 3.32. The van der Waals surface area contributed by atoms with Gasteiger partial charge in [-0.05, 0) is 19.9 Å². The largest absolute Gasteiger partial charge is 0.377 e. The van der Waals surface area contributed by atoms with Crippen LogP contribution in [0, 0.1) is 17.3 Å². The predicted molar refractivity (Wildman–Crippen MR) is 59.1 cm³/mol. The SMILES string of the molecule is CC#CCCOC1CCNCC1(C)C. The maximum Gasteiger partial charge on any atom is 0.0650 e. The van der Waals surface area contributed by atoms with Gasteiger partial charge in [0.15, 0.2) is 0 Å². The van der Waals surface area contributed by atoms with Crippen LogP contribution in [0.5, 0.6) is 0 Å². The van der Waals surface area contributed by atoms with Crippen molar-refractivity contribution in [2.45, 2.75) is 39.7 Å². The molecule has 0 aromatic heterocycles. The first kappa shape index (κ1) is 11.6. The van der Waals surface area contributed by atoms with Gasteiger partial charge in [-0.25, -0.2) is 0 Å². The molecule has 0 spiro atoms. The minimum absolute atomic E-state index is 0.262. The van der Waals surface area contributed by atoms with Gasteiger partial charge in [-0.3, -0.25) is 0 Å². The highest BCUT2D eigenvalue weighted by Crippen LogP contribution is 2.27. The van der Waals surface area contributed by atoms with E-state index in [1.807, 2.05) is 6.92 Å². The highest BCUT2D eigenvalue weighted by molar-refractivity contribution is 4.95. The van der Waals surface area contributed by atoms with Gasteiger partial charge in [0.2, 0.25) is 0 Å². The first-order chi connectivity index (χ1) is 6.67. The van der Waals surface area contributed by atoms with E-state index in [9.17, 15) is 0 Å². The maximum absolute atomic E-state index is 5.86. The van der Waals surface area contributed by atoms with Crippen LogP contribution < -0.4 is 5.32 Å². The van der Waals surface area contributed by atoms with E-state index >= 15 is 0 Å². The monoisotopic (exact) mass is 195 g/mol. The van der Waals surface area contributed by atoms with E-state index in [0.29, 0.717) is 6.10 Å². The Hall–Kier alpha value is -0.520. The molecule has 0 aliphatic carbocycles. The maximum atomic E-state index is 5.86. The summed E-state index contributed by atoms with van der Waals surface area (Å²) in [5.74, 6) is 5.91. The summed E-state index contributed by atoms with van der Waals surface area (Å²) in [4.78, 5) is 0. The second-order valence-electron chi connectivity index (χ2n) is 4.49. The molecule has 1 atom stereocenters. The molecule has 80 valence electrons. The third-order valence-electron chi connectivity index (χ3n) is 2.76. The Labute approximate surface area is 87.4 Å². The first-order valence-corrected chi connectivity index (χ1v) is 5.39. The standard InChI is InChI=1S/C12H21NO/c1-4-5-6-9-14-11-7-8-13-10-12(11,2)3/h11,13H,6-10H2,1-3H3. The molecule has 1 aliphatic heterocycles. The van der Waals surface area contributed by atoms with Gasteiger partial charge in [0.05, 0.1) is 12.7 Å². The second kappa shape index (κ2) is 5.38. The van der Waals surface area contributed by atoms with Crippen LogP contribution in [0.1, 0.15) is 33.6 Å². The van der Waals surface area contributed by atoms with Crippen molar-refractivity contribution in [2.24, 2.45) is 5.41 Å². The van der Waals surface area contributed by atoms with Crippen molar-refractivity contribution in [1.29, 1.82) is 0 Å². The lowest BCUT2D eigenvalue weighted by molar-refractivity contribution is -0.0404. The fraction of sp³-hybridized carbons (Fsp3) is 0.833. The summed E-state index contributed by atoms with van der Waals surface area (Å²) in [6.45, 7) is 9.29. The molecule has 14 heavy (non-hydrogen) atoms. The molecule has 0 amide bonds. The van der Waals surface area contributed by atoms with Crippen LogP contribution in [0.3, 0.4) is 0 Å². The van der Waals surface area contributed by atoms with Gasteiger partial charge in [-0.1, -0.05) is 13.8 Å². The van der Waals surface area contributed by atoms with E-state index in [0.717, 1.165) is 32.5 Å². The van der Waals surface area contributed by atoms with Gasteiger partial charge in [0.1, 0.15) is 0 Å². The fourth-order valence-corrected chi connectivity index (χ4v) is 1.83. The molecule has 1 rings (SSSR count). The molecule has 1 heterocycles. The smallest absolute Gasteiger partial charge is 0.0650 e. The minimum atomic E-state index is 0.262. The molecular weight excluding hydrogens is 174 g/mol. The molecule has 2 heteroatoms. The van der Waals surface area contributed by atoms with Gasteiger partial charge >= 0.3 is 0 Å². The fourth-order valence-electron chi connectivity index (χ4n) is 1.83. The molecule has 1 fully saturated rings. The van der Waals surface area contributed by atoms with Crippen molar-refractivity contribution in [3.63, 3.8) is 0 Å². The molecular formula is C12H21NO. The Morgan fingerprint density at radius 3 is 2.93 bits per heavy atom. The summed E-state index contributed by atoms with van der Waals surface area (Å²) in [7, 11) is 0.